The molecule has 0 N–H and O–H groups in total. The number of fused-ring (bicyclic) bond motifs is 1. The molecule has 0 amide bonds. The molecule has 0 spiro atoms. The highest BCUT2D eigenvalue weighted by Gasteiger charge is 2.37. The Morgan fingerprint density at radius 1 is 0.976 bits per heavy atom. The third kappa shape index (κ3) is 5.13. The van der Waals surface area contributed by atoms with E-state index in [2.05, 4.69) is 63.9 Å². The first-order chi connectivity index (χ1) is 20.4. The van der Waals surface area contributed by atoms with E-state index in [0.29, 0.717) is 43.0 Å². The number of anilines is 2. The molecule has 0 radical (unpaired) electrons. The van der Waals surface area contributed by atoms with Crippen LogP contribution in [0.25, 0.3) is 11.0 Å². The highest BCUT2D eigenvalue weighted by Crippen LogP contribution is 2.39. The van der Waals surface area contributed by atoms with Gasteiger partial charge < -0.3 is 19.1 Å². The van der Waals surface area contributed by atoms with E-state index >= 15 is 0 Å². The Balaban J connectivity index is 1.41. The first kappa shape index (κ1) is 27.9. The number of morpholine rings is 1. The van der Waals surface area contributed by atoms with Crippen molar-refractivity contribution >= 4 is 22.4 Å². The zero-order valence-electron chi connectivity index (χ0n) is 24.2. The lowest BCUT2D eigenvalue weighted by atomic mass is 9.91. The van der Waals surface area contributed by atoms with Crippen LogP contribution >= 0.6 is 0 Å². The summed E-state index contributed by atoms with van der Waals surface area (Å²) in [5.74, 6) is -0.257. The summed E-state index contributed by atoms with van der Waals surface area (Å²) in [5.41, 5.74) is 5.67. The van der Waals surface area contributed by atoms with Gasteiger partial charge in [-0.05, 0) is 55.3 Å². The Bertz CT molecular complexity index is 1690. The zero-order valence-corrected chi connectivity index (χ0v) is 24.2. The van der Waals surface area contributed by atoms with Crippen LogP contribution in [0.4, 0.5) is 15.8 Å². The van der Waals surface area contributed by atoms with E-state index in [9.17, 15) is 14.4 Å². The Hall–Kier alpha value is -4.26. The van der Waals surface area contributed by atoms with Gasteiger partial charge in [-0.1, -0.05) is 30.3 Å². The number of nitrogens with zero attached hydrogens (tertiary/aromatic N) is 6. The third-order valence-electron chi connectivity index (χ3n) is 8.63. The van der Waals surface area contributed by atoms with Gasteiger partial charge in [0.1, 0.15) is 23.1 Å². The molecule has 2 aromatic carbocycles. The van der Waals surface area contributed by atoms with Crippen molar-refractivity contribution in [2.45, 2.75) is 32.0 Å². The molecule has 2 aliphatic heterocycles. The molecule has 1 unspecified atom stereocenters. The monoisotopic (exact) mass is 566 g/mol. The van der Waals surface area contributed by atoms with Gasteiger partial charge in [0.2, 0.25) is 0 Å². The average molecular weight is 567 g/mol. The number of aromatic nitrogens is 2. The molecule has 216 valence electrons. The van der Waals surface area contributed by atoms with Crippen LogP contribution in [0.2, 0.25) is 0 Å². The predicted molar refractivity (Wildman–Crippen MR) is 162 cm³/mol. The smallest absolute Gasteiger partial charge is 0.252 e. The molecule has 8 nitrogen and oxygen atoms in total. The van der Waals surface area contributed by atoms with Crippen LogP contribution in [0.3, 0.4) is 0 Å². The lowest BCUT2D eigenvalue weighted by Gasteiger charge is -2.49. The number of pyridine rings is 2. The summed E-state index contributed by atoms with van der Waals surface area (Å²) in [7, 11) is 1.73. The van der Waals surface area contributed by atoms with Crippen molar-refractivity contribution < 1.29 is 9.13 Å². The van der Waals surface area contributed by atoms with Crippen LogP contribution in [-0.2, 0) is 11.8 Å². The third-order valence-corrected chi connectivity index (χ3v) is 8.63. The second kappa shape index (κ2) is 11.6. The van der Waals surface area contributed by atoms with Gasteiger partial charge in [0.15, 0.2) is 0 Å². The maximum absolute atomic E-state index is 14.1. The molecule has 0 bridgehead atoms. The number of aryl methyl sites for hydroxylation is 1. The van der Waals surface area contributed by atoms with Gasteiger partial charge in [0.05, 0.1) is 30.5 Å². The summed E-state index contributed by atoms with van der Waals surface area (Å²) >= 11 is 0. The van der Waals surface area contributed by atoms with E-state index in [-0.39, 0.29) is 29.5 Å². The van der Waals surface area contributed by atoms with Crippen molar-refractivity contribution in [2.24, 2.45) is 7.05 Å². The highest BCUT2D eigenvalue weighted by molar-refractivity contribution is 5.89. The van der Waals surface area contributed by atoms with Crippen LogP contribution in [0.1, 0.15) is 36.7 Å². The zero-order chi connectivity index (χ0) is 29.4. The Morgan fingerprint density at radius 2 is 1.71 bits per heavy atom. The Labute approximate surface area is 245 Å². The Morgan fingerprint density at radius 3 is 2.45 bits per heavy atom. The molecule has 0 aliphatic carbocycles. The molecule has 2 aliphatic rings. The summed E-state index contributed by atoms with van der Waals surface area (Å²) in [6.45, 7) is 8.73. The number of nitriles is 1. The molecule has 9 heteroatoms. The van der Waals surface area contributed by atoms with Crippen LogP contribution in [-0.4, -0.2) is 65.9 Å². The molecule has 4 heterocycles. The standard InChI is InChI=1S/C33H35FN6O2/c1-22-21-40(23(2)20-39(22)30-18-31(41)37(3)29-13-12-26(19-35)36-32(29)30)33(24-8-10-25(34)11-9-24)27-6-4-5-7-28(27)38-14-16-42-17-15-38/h4-13,18,22-23,33H,14-17,20-21H2,1-3H3/t22-,23+,33?/m0/s1. The summed E-state index contributed by atoms with van der Waals surface area (Å²) in [6.07, 6.45) is 0. The molecule has 4 aromatic rings. The minimum Gasteiger partial charge on any atom is -0.378 e. The van der Waals surface area contributed by atoms with Gasteiger partial charge in [-0.3, -0.25) is 9.69 Å². The quantitative estimate of drug-likeness (QED) is 0.353. The number of benzene rings is 2. The molecule has 0 saturated carbocycles. The van der Waals surface area contributed by atoms with Gasteiger partial charge >= 0.3 is 0 Å². The fourth-order valence-corrected chi connectivity index (χ4v) is 6.45. The van der Waals surface area contributed by atoms with Gasteiger partial charge in [-0.15, -0.1) is 0 Å². The molecular formula is C33H35FN6O2. The van der Waals surface area contributed by atoms with E-state index in [4.69, 9.17) is 4.74 Å². The minimum absolute atomic E-state index is 0.0301. The number of hydrogen-bond donors (Lipinski definition) is 0. The molecule has 2 fully saturated rings. The second-order valence-electron chi connectivity index (χ2n) is 11.3. The van der Waals surface area contributed by atoms with Crippen molar-refractivity contribution in [1.82, 2.24) is 14.5 Å². The molecule has 6 rings (SSSR count). The lowest BCUT2D eigenvalue weighted by Crippen LogP contribution is -2.57. The van der Waals surface area contributed by atoms with Crippen molar-refractivity contribution in [3.05, 3.63) is 99.7 Å². The van der Waals surface area contributed by atoms with Gasteiger partial charge in [0, 0.05) is 57.1 Å². The van der Waals surface area contributed by atoms with Crippen molar-refractivity contribution in [2.75, 3.05) is 49.2 Å². The Kier molecular flexibility index (Phi) is 7.67. The van der Waals surface area contributed by atoms with E-state index in [0.717, 1.165) is 24.3 Å². The van der Waals surface area contributed by atoms with Gasteiger partial charge in [-0.2, -0.15) is 5.26 Å². The average Bonchev–Trinajstić information content (AvgIpc) is 3.02. The normalized spacial score (nSPS) is 20.5. The van der Waals surface area contributed by atoms with E-state index in [1.54, 1.807) is 29.8 Å². The van der Waals surface area contributed by atoms with Crippen LogP contribution < -0.4 is 15.4 Å². The topological polar surface area (TPSA) is 77.6 Å². The number of hydrogen-bond acceptors (Lipinski definition) is 7. The first-order valence-corrected chi connectivity index (χ1v) is 14.5. The minimum atomic E-state index is -0.257. The summed E-state index contributed by atoms with van der Waals surface area (Å²) < 4.78 is 21.3. The maximum atomic E-state index is 14.1. The van der Waals surface area contributed by atoms with Crippen molar-refractivity contribution in [3.63, 3.8) is 0 Å². The van der Waals surface area contributed by atoms with Crippen LogP contribution in [0, 0.1) is 17.1 Å². The van der Waals surface area contributed by atoms with Gasteiger partial charge in [-0.25, -0.2) is 9.37 Å². The number of halogens is 1. The second-order valence-corrected chi connectivity index (χ2v) is 11.3. The molecule has 3 atom stereocenters. The van der Waals surface area contributed by atoms with E-state index in [1.807, 2.05) is 12.1 Å². The van der Waals surface area contributed by atoms with Crippen molar-refractivity contribution in [3.8, 4) is 6.07 Å². The maximum Gasteiger partial charge on any atom is 0.252 e. The summed E-state index contributed by atoms with van der Waals surface area (Å²) in [5, 5.41) is 9.53. The summed E-state index contributed by atoms with van der Waals surface area (Å²) in [4.78, 5) is 24.7. The molecular weight excluding hydrogens is 531 g/mol. The number of piperazine rings is 1. The predicted octanol–water partition coefficient (Wildman–Crippen LogP) is 4.47. The fraction of sp³-hybridized carbons (Fsp3) is 0.364. The highest BCUT2D eigenvalue weighted by atomic mass is 19.1. The van der Waals surface area contributed by atoms with Crippen LogP contribution in [0.5, 0.6) is 0 Å². The van der Waals surface area contributed by atoms with Crippen LogP contribution in [0.15, 0.2) is 71.5 Å². The summed E-state index contributed by atoms with van der Waals surface area (Å²) in [6, 6.07) is 22.6. The fourth-order valence-electron chi connectivity index (χ4n) is 6.45. The molecule has 42 heavy (non-hydrogen) atoms. The van der Waals surface area contributed by atoms with Crippen molar-refractivity contribution in [1.29, 1.82) is 5.26 Å². The molecule has 2 aromatic heterocycles. The van der Waals surface area contributed by atoms with Gasteiger partial charge in [0.25, 0.3) is 5.56 Å². The van der Waals surface area contributed by atoms with E-state index in [1.165, 1.54) is 23.4 Å². The SMILES string of the molecule is C[C@@H]1CN(c2cc(=O)n(C)c3ccc(C#N)nc23)[C@@H](C)CN1C(c1ccc(F)cc1)c1ccccc1N1CCOCC1. The number of para-hydroxylation sites is 1. The number of ether oxygens (including phenoxy) is 1. The first-order valence-electron chi connectivity index (χ1n) is 14.5. The molecule has 2 saturated heterocycles. The largest absolute Gasteiger partial charge is 0.378 e. The number of rotatable bonds is 5. The lowest BCUT2D eigenvalue weighted by molar-refractivity contribution is 0.120. The van der Waals surface area contributed by atoms with E-state index < -0.39 is 0 Å².